The molecule has 1 aromatic rings. The van der Waals surface area contributed by atoms with Crippen molar-refractivity contribution in [2.45, 2.75) is 39.2 Å². The van der Waals surface area contributed by atoms with Crippen molar-refractivity contribution >= 4 is 11.6 Å². The molecule has 96 valence electrons. The third-order valence-corrected chi connectivity index (χ3v) is 3.11. The van der Waals surface area contributed by atoms with Crippen molar-refractivity contribution in [3.05, 3.63) is 28.8 Å². The molecule has 0 aliphatic heterocycles. The average Bonchev–Trinajstić information content (AvgIpc) is 2.35. The molecule has 1 aromatic carbocycles. The van der Waals surface area contributed by atoms with E-state index in [0.717, 1.165) is 31.6 Å². The molecule has 0 saturated carbocycles. The number of rotatable bonds is 7. The zero-order valence-corrected chi connectivity index (χ0v) is 11.7. The monoisotopic (exact) mass is 255 g/mol. The molecule has 1 N–H and O–H groups in total. The minimum absolute atomic E-state index is 0.395. The third kappa shape index (κ3) is 4.21. The Hall–Kier alpha value is -0.730. The Morgan fingerprint density at radius 1 is 1.29 bits per heavy atom. The summed E-state index contributed by atoms with van der Waals surface area (Å²) in [7, 11) is 1.65. The molecule has 0 aliphatic rings. The van der Waals surface area contributed by atoms with E-state index in [1.807, 2.05) is 12.1 Å². The standard InChI is InChI=1S/C14H22ClNO/c1-4-6-13(16-9-5-2)11-7-8-12(15)14(10-11)17-3/h7-8,10,13,16H,4-6,9H2,1-3H3. The van der Waals surface area contributed by atoms with E-state index in [2.05, 4.69) is 25.2 Å². The number of hydrogen-bond acceptors (Lipinski definition) is 2. The van der Waals surface area contributed by atoms with Gasteiger partial charge in [-0.1, -0.05) is 37.9 Å². The van der Waals surface area contributed by atoms with Crippen molar-refractivity contribution in [1.29, 1.82) is 0 Å². The number of halogens is 1. The van der Waals surface area contributed by atoms with Crippen LogP contribution in [0, 0.1) is 0 Å². The lowest BCUT2D eigenvalue weighted by molar-refractivity contribution is 0.412. The van der Waals surface area contributed by atoms with Crippen LogP contribution in [0.3, 0.4) is 0 Å². The third-order valence-electron chi connectivity index (χ3n) is 2.80. The largest absolute Gasteiger partial charge is 0.495 e. The van der Waals surface area contributed by atoms with Crippen molar-refractivity contribution in [2.24, 2.45) is 0 Å². The Morgan fingerprint density at radius 3 is 2.65 bits per heavy atom. The highest BCUT2D eigenvalue weighted by atomic mass is 35.5. The normalized spacial score (nSPS) is 12.5. The molecule has 1 rings (SSSR count). The van der Waals surface area contributed by atoms with Crippen LogP contribution in [-0.4, -0.2) is 13.7 Å². The molecule has 1 atom stereocenters. The van der Waals surface area contributed by atoms with E-state index in [-0.39, 0.29) is 0 Å². The minimum atomic E-state index is 0.395. The maximum atomic E-state index is 6.04. The van der Waals surface area contributed by atoms with E-state index in [9.17, 15) is 0 Å². The van der Waals surface area contributed by atoms with Gasteiger partial charge in [-0.25, -0.2) is 0 Å². The number of nitrogens with one attached hydrogen (secondary N) is 1. The van der Waals surface area contributed by atoms with E-state index in [4.69, 9.17) is 16.3 Å². The lowest BCUT2D eigenvalue weighted by Crippen LogP contribution is -2.22. The van der Waals surface area contributed by atoms with Crippen molar-refractivity contribution in [1.82, 2.24) is 5.32 Å². The molecule has 0 fully saturated rings. The Bertz CT molecular complexity index is 341. The maximum absolute atomic E-state index is 6.04. The summed E-state index contributed by atoms with van der Waals surface area (Å²) in [4.78, 5) is 0. The van der Waals surface area contributed by atoms with Crippen molar-refractivity contribution in [3.63, 3.8) is 0 Å². The summed E-state index contributed by atoms with van der Waals surface area (Å²) in [6.07, 6.45) is 3.43. The van der Waals surface area contributed by atoms with Crippen LogP contribution < -0.4 is 10.1 Å². The first-order valence-corrected chi connectivity index (χ1v) is 6.67. The fourth-order valence-corrected chi connectivity index (χ4v) is 2.08. The van der Waals surface area contributed by atoms with Gasteiger partial charge < -0.3 is 10.1 Å². The van der Waals surface area contributed by atoms with Gasteiger partial charge in [0.15, 0.2) is 0 Å². The first kappa shape index (κ1) is 14.3. The summed E-state index contributed by atoms with van der Waals surface area (Å²) >= 11 is 6.04. The average molecular weight is 256 g/mol. The molecular weight excluding hydrogens is 234 g/mol. The van der Waals surface area contributed by atoms with Crippen molar-refractivity contribution in [2.75, 3.05) is 13.7 Å². The molecule has 0 saturated heterocycles. The van der Waals surface area contributed by atoms with Gasteiger partial charge in [0.1, 0.15) is 5.75 Å². The first-order chi connectivity index (χ1) is 8.22. The van der Waals surface area contributed by atoms with Gasteiger partial charge in [0, 0.05) is 6.04 Å². The van der Waals surface area contributed by atoms with Crippen LogP contribution in [-0.2, 0) is 0 Å². The van der Waals surface area contributed by atoms with E-state index in [0.29, 0.717) is 11.1 Å². The highest BCUT2D eigenvalue weighted by Gasteiger charge is 2.11. The second kappa shape index (κ2) is 7.57. The molecular formula is C14H22ClNO. The lowest BCUT2D eigenvalue weighted by atomic mass is 10.0. The highest BCUT2D eigenvalue weighted by molar-refractivity contribution is 6.32. The van der Waals surface area contributed by atoms with Crippen LogP contribution in [0.2, 0.25) is 5.02 Å². The highest BCUT2D eigenvalue weighted by Crippen LogP contribution is 2.29. The zero-order chi connectivity index (χ0) is 12.7. The van der Waals surface area contributed by atoms with Crippen LogP contribution >= 0.6 is 11.6 Å². The van der Waals surface area contributed by atoms with Gasteiger partial charge in [-0.3, -0.25) is 0 Å². The summed E-state index contributed by atoms with van der Waals surface area (Å²) in [6.45, 7) is 5.42. The zero-order valence-electron chi connectivity index (χ0n) is 10.9. The SMILES string of the molecule is CCCNC(CCC)c1ccc(Cl)c(OC)c1. The van der Waals surface area contributed by atoms with Gasteiger partial charge in [0.25, 0.3) is 0 Å². The maximum Gasteiger partial charge on any atom is 0.137 e. The van der Waals surface area contributed by atoms with Gasteiger partial charge in [-0.2, -0.15) is 0 Å². The minimum Gasteiger partial charge on any atom is -0.495 e. The Kier molecular flexibility index (Phi) is 6.38. The molecule has 0 heterocycles. The number of hydrogen-bond donors (Lipinski definition) is 1. The number of methoxy groups -OCH3 is 1. The number of ether oxygens (including phenoxy) is 1. The summed E-state index contributed by atoms with van der Waals surface area (Å²) in [5, 5.41) is 4.23. The van der Waals surface area contributed by atoms with Gasteiger partial charge in [-0.15, -0.1) is 0 Å². The molecule has 3 heteroatoms. The summed E-state index contributed by atoms with van der Waals surface area (Å²) in [6, 6.07) is 6.41. The Labute approximate surface area is 109 Å². The molecule has 17 heavy (non-hydrogen) atoms. The predicted octanol–water partition coefficient (Wildman–Crippen LogP) is 4.19. The smallest absolute Gasteiger partial charge is 0.137 e. The second-order valence-corrected chi connectivity index (χ2v) is 4.60. The molecule has 0 bridgehead atoms. The van der Waals surface area contributed by atoms with E-state index < -0.39 is 0 Å². The van der Waals surface area contributed by atoms with Crippen molar-refractivity contribution < 1.29 is 4.74 Å². The number of benzene rings is 1. The molecule has 0 radical (unpaired) electrons. The van der Waals surface area contributed by atoms with Crippen LogP contribution in [0.15, 0.2) is 18.2 Å². The fourth-order valence-electron chi connectivity index (χ4n) is 1.89. The molecule has 0 aromatic heterocycles. The van der Waals surface area contributed by atoms with Gasteiger partial charge >= 0.3 is 0 Å². The Morgan fingerprint density at radius 2 is 2.06 bits per heavy atom. The quantitative estimate of drug-likeness (QED) is 0.789. The van der Waals surface area contributed by atoms with Gasteiger partial charge in [0.05, 0.1) is 12.1 Å². The molecule has 0 amide bonds. The lowest BCUT2D eigenvalue weighted by Gasteiger charge is -2.19. The predicted molar refractivity (Wildman–Crippen MR) is 73.9 cm³/mol. The Balaban J connectivity index is 2.85. The topological polar surface area (TPSA) is 21.3 Å². The summed E-state index contributed by atoms with van der Waals surface area (Å²) < 4.78 is 5.26. The van der Waals surface area contributed by atoms with E-state index in [1.54, 1.807) is 7.11 Å². The van der Waals surface area contributed by atoms with Crippen LogP contribution in [0.1, 0.15) is 44.7 Å². The van der Waals surface area contributed by atoms with Crippen molar-refractivity contribution in [3.8, 4) is 5.75 Å². The first-order valence-electron chi connectivity index (χ1n) is 6.29. The van der Waals surface area contributed by atoms with E-state index in [1.165, 1.54) is 5.56 Å². The van der Waals surface area contributed by atoms with Crippen LogP contribution in [0.25, 0.3) is 0 Å². The molecule has 2 nitrogen and oxygen atoms in total. The second-order valence-electron chi connectivity index (χ2n) is 4.19. The summed E-state index contributed by atoms with van der Waals surface area (Å²) in [5.74, 6) is 0.753. The molecule has 1 unspecified atom stereocenters. The van der Waals surface area contributed by atoms with Gasteiger partial charge in [-0.05, 0) is 37.1 Å². The fraction of sp³-hybridized carbons (Fsp3) is 0.571. The van der Waals surface area contributed by atoms with Gasteiger partial charge in [0.2, 0.25) is 0 Å². The molecule has 0 spiro atoms. The van der Waals surface area contributed by atoms with Crippen LogP contribution in [0.4, 0.5) is 0 Å². The van der Waals surface area contributed by atoms with E-state index >= 15 is 0 Å². The summed E-state index contributed by atoms with van der Waals surface area (Å²) in [5.41, 5.74) is 1.25. The van der Waals surface area contributed by atoms with Crippen LogP contribution in [0.5, 0.6) is 5.75 Å². The molecule has 0 aliphatic carbocycles.